The van der Waals surface area contributed by atoms with E-state index in [1.54, 1.807) is 0 Å². The maximum Gasteiger partial charge on any atom is 0.494 e. The highest BCUT2D eigenvalue weighted by atomic mass is 28.3. The van der Waals surface area contributed by atoms with Crippen LogP contribution in [0.1, 0.15) is 60.3 Å². The lowest BCUT2D eigenvalue weighted by atomic mass is 9.89. The zero-order chi connectivity index (χ0) is 19.4. The normalized spacial score (nSPS) is 18.5. The Balaban J connectivity index is 2.39. The number of hydrogen-bond donors (Lipinski definition) is 0. The van der Waals surface area contributed by atoms with E-state index in [0.717, 1.165) is 6.42 Å². The summed E-state index contributed by atoms with van der Waals surface area (Å²) in [4.78, 5) is 0. The minimum atomic E-state index is -1.94. The van der Waals surface area contributed by atoms with Gasteiger partial charge in [0.1, 0.15) is 8.07 Å². The van der Waals surface area contributed by atoms with E-state index < -0.39 is 8.07 Å². The molecule has 0 unspecified atom stereocenters. The molecule has 1 saturated heterocycles. The fourth-order valence-corrected chi connectivity index (χ4v) is 5.70. The number of allylic oxidation sites excluding steroid dienone is 1. The molecule has 0 radical (unpaired) electrons. The van der Waals surface area contributed by atoms with E-state index >= 15 is 0 Å². The number of rotatable bonds is 7. The van der Waals surface area contributed by atoms with Gasteiger partial charge in [0, 0.05) is 0 Å². The van der Waals surface area contributed by atoms with Crippen LogP contribution in [-0.2, 0) is 9.31 Å². The van der Waals surface area contributed by atoms with Gasteiger partial charge in [0.2, 0.25) is 0 Å². The lowest BCUT2D eigenvalue weighted by Gasteiger charge is -2.32. The van der Waals surface area contributed by atoms with Crippen LogP contribution in [0.5, 0.6) is 0 Å². The first-order valence-corrected chi connectivity index (χ1v) is 13.0. The van der Waals surface area contributed by atoms with Crippen molar-refractivity contribution in [2.75, 3.05) is 0 Å². The summed E-state index contributed by atoms with van der Waals surface area (Å²) in [6.45, 7) is 15.4. The Morgan fingerprint density at radius 2 is 1.62 bits per heavy atom. The lowest BCUT2D eigenvalue weighted by molar-refractivity contribution is 0.00578. The van der Waals surface area contributed by atoms with Crippen LogP contribution in [0.25, 0.3) is 0 Å². The molecule has 1 fully saturated rings. The minimum absolute atomic E-state index is 0.315. The maximum absolute atomic E-state index is 6.41. The Hall–Kier alpha value is -1.06. The van der Waals surface area contributed by atoms with Crippen LogP contribution >= 0.6 is 0 Å². The lowest BCUT2D eigenvalue weighted by Crippen LogP contribution is -2.49. The van der Waals surface area contributed by atoms with E-state index in [0.29, 0.717) is 0 Å². The maximum atomic E-state index is 6.41. The van der Waals surface area contributed by atoms with Crippen molar-refractivity contribution in [2.24, 2.45) is 0 Å². The van der Waals surface area contributed by atoms with Gasteiger partial charge in [-0.1, -0.05) is 68.4 Å². The van der Waals surface area contributed by atoms with Gasteiger partial charge in [-0.15, -0.1) is 5.73 Å². The van der Waals surface area contributed by atoms with Gasteiger partial charge in [0.25, 0.3) is 0 Å². The van der Waals surface area contributed by atoms with Crippen molar-refractivity contribution < 1.29 is 9.31 Å². The van der Waals surface area contributed by atoms with E-state index in [9.17, 15) is 0 Å². The third-order valence-electron chi connectivity index (χ3n) is 5.87. The molecule has 0 N–H and O–H groups in total. The van der Waals surface area contributed by atoms with Gasteiger partial charge in [-0.2, -0.15) is 0 Å². The van der Waals surface area contributed by atoms with E-state index in [1.165, 1.54) is 29.5 Å². The number of unbranched alkanes of at least 4 members (excludes halogenated alkanes) is 3. The summed E-state index contributed by atoms with van der Waals surface area (Å²) < 4.78 is 12.8. The highest BCUT2D eigenvalue weighted by Crippen LogP contribution is 2.39. The van der Waals surface area contributed by atoms with Crippen LogP contribution < -0.4 is 5.19 Å². The molecule has 0 spiro atoms. The SMILES string of the molecule is CCCCCC=C=C(B1OC(C)(C)C(C)(C)O1)[Si](C)(C)c1ccccc1. The molecule has 0 atom stereocenters. The van der Waals surface area contributed by atoms with Crippen LogP contribution in [0.4, 0.5) is 0 Å². The predicted octanol–water partition coefficient (Wildman–Crippen LogP) is 5.43. The summed E-state index contributed by atoms with van der Waals surface area (Å²) in [6.07, 6.45) is 6.99. The second kappa shape index (κ2) is 8.31. The molecular formula is C22H35BO2Si. The molecular weight excluding hydrogens is 335 g/mol. The van der Waals surface area contributed by atoms with Crippen molar-refractivity contribution in [3.05, 3.63) is 47.2 Å². The molecule has 1 heterocycles. The monoisotopic (exact) mass is 370 g/mol. The van der Waals surface area contributed by atoms with Crippen molar-refractivity contribution in [2.45, 2.75) is 84.6 Å². The molecule has 2 rings (SSSR count). The van der Waals surface area contributed by atoms with Gasteiger partial charge < -0.3 is 9.31 Å². The fourth-order valence-electron chi connectivity index (χ4n) is 3.19. The van der Waals surface area contributed by atoms with Crippen molar-refractivity contribution in [1.82, 2.24) is 0 Å². The largest absolute Gasteiger partial charge is 0.494 e. The third kappa shape index (κ3) is 4.61. The standard InChI is InChI=1S/C22H35BO2Si/c1-8-9-10-11-15-18-20(23-24-21(2,3)22(4,5)25-23)26(6,7)19-16-13-12-14-17-19/h12-17H,8-11H2,1-7H3. The molecule has 142 valence electrons. The molecule has 0 amide bonds. The molecule has 0 aromatic heterocycles. The average molecular weight is 370 g/mol. The van der Waals surface area contributed by atoms with Crippen molar-refractivity contribution >= 4 is 20.4 Å². The van der Waals surface area contributed by atoms with E-state index in [1.807, 2.05) is 0 Å². The van der Waals surface area contributed by atoms with E-state index in [-0.39, 0.29) is 18.3 Å². The van der Waals surface area contributed by atoms with Crippen molar-refractivity contribution in [1.29, 1.82) is 0 Å². The highest BCUT2D eigenvalue weighted by molar-refractivity contribution is 7.04. The zero-order valence-corrected chi connectivity index (χ0v) is 18.7. The predicted molar refractivity (Wildman–Crippen MR) is 115 cm³/mol. The van der Waals surface area contributed by atoms with Crippen LogP contribution in [0.2, 0.25) is 13.1 Å². The first-order chi connectivity index (χ1) is 12.1. The van der Waals surface area contributed by atoms with Crippen molar-refractivity contribution in [3.63, 3.8) is 0 Å². The van der Waals surface area contributed by atoms with Gasteiger partial charge in [-0.25, -0.2) is 0 Å². The van der Waals surface area contributed by atoms with Gasteiger partial charge in [0.15, 0.2) is 0 Å². The molecule has 4 heteroatoms. The van der Waals surface area contributed by atoms with Crippen LogP contribution in [0.3, 0.4) is 0 Å². The minimum Gasteiger partial charge on any atom is -0.399 e. The average Bonchev–Trinajstić information content (AvgIpc) is 2.79. The molecule has 1 aliphatic heterocycles. The van der Waals surface area contributed by atoms with Crippen LogP contribution in [0.15, 0.2) is 47.2 Å². The second-order valence-corrected chi connectivity index (χ2v) is 13.2. The first kappa shape index (κ1) is 21.2. The summed E-state index contributed by atoms with van der Waals surface area (Å²) in [6, 6.07) is 10.8. The molecule has 0 saturated carbocycles. The second-order valence-electron chi connectivity index (χ2n) is 8.84. The molecule has 1 aromatic rings. The molecule has 1 aliphatic rings. The summed E-state index contributed by atoms with van der Waals surface area (Å²) in [7, 11) is -2.26. The molecule has 26 heavy (non-hydrogen) atoms. The Bertz CT molecular complexity index is 642. The van der Waals surface area contributed by atoms with Gasteiger partial charge >= 0.3 is 7.12 Å². The summed E-state index contributed by atoms with van der Waals surface area (Å²) >= 11 is 0. The van der Waals surface area contributed by atoms with Gasteiger partial charge in [-0.3, -0.25) is 0 Å². The Labute approximate surface area is 161 Å². The quantitative estimate of drug-likeness (QED) is 0.362. The van der Waals surface area contributed by atoms with Gasteiger partial charge in [0.05, 0.1) is 11.2 Å². The third-order valence-corrected chi connectivity index (χ3v) is 9.37. The summed E-state index contributed by atoms with van der Waals surface area (Å²) in [5.41, 5.74) is 2.99. The van der Waals surface area contributed by atoms with Crippen LogP contribution in [0, 0.1) is 0 Å². The van der Waals surface area contributed by atoms with Gasteiger partial charge in [-0.05, 0) is 51.7 Å². The smallest absolute Gasteiger partial charge is 0.399 e. The Kier molecular flexibility index (Phi) is 6.79. The first-order valence-electron chi connectivity index (χ1n) is 9.98. The van der Waals surface area contributed by atoms with Crippen LogP contribution in [-0.4, -0.2) is 26.4 Å². The summed E-state index contributed by atoms with van der Waals surface area (Å²) in [5.74, 6) is 0. The number of hydrogen-bond acceptors (Lipinski definition) is 2. The fraction of sp³-hybridized carbons (Fsp3) is 0.591. The zero-order valence-electron chi connectivity index (χ0n) is 17.7. The topological polar surface area (TPSA) is 18.5 Å². The number of benzene rings is 1. The van der Waals surface area contributed by atoms with E-state index in [2.05, 4.69) is 89.9 Å². The molecule has 1 aromatic carbocycles. The van der Waals surface area contributed by atoms with E-state index in [4.69, 9.17) is 9.31 Å². The Morgan fingerprint density at radius 3 is 2.15 bits per heavy atom. The Morgan fingerprint density at radius 1 is 1.04 bits per heavy atom. The van der Waals surface area contributed by atoms with Crippen molar-refractivity contribution in [3.8, 4) is 0 Å². The molecule has 0 aliphatic carbocycles. The molecule has 0 bridgehead atoms. The molecule has 2 nitrogen and oxygen atoms in total. The summed E-state index contributed by atoms with van der Waals surface area (Å²) in [5, 5.41) is 2.60. The highest BCUT2D eigenvalue weighted by Gasteiger charge is 2.55.